The van der Waals surface area contributed by atoms with E-state index in [2.05, 4.69) is 31.0 Å². The van der Waals surface area contributed by atoms with E-state index in [0.717, 1.165) is 12.1 Å². The van der Waals surface area contributed by atoms with E-state index in [1.165, 1.54) is 16.9 Å². The predicted molar refractivity (Wildman–Crippen MR) is 113 cm³/mol. The van der Waals surface area contributed by atoms with Gasteiger partial charge in [0.15, 0.2) is 5.65 Å². The molecule has 0 radical (unpaired) electrons. The highest BCUT2D eigenvalue weighted by Crippen LogP contribution is 2.33. The lowest BCUT2D eigenvalue weighted by molar-refractivity contribution is -0.137. The summed E-state index contributed by atoms with van der Waals surface area (Å²) in [5.74, 6) is -0.0830. The fraction of sp³-hybridized carbons (Fsp3) is 0.0952. The molecule has 0 aliphatic heterocycles. The molecule has 0 unspecified atom stereocenters. The van der Waals surface area contributed by atoms with Crippen LogP contribution in [0.3, 0.4) is 0 Å². The first-order valence-corrected chi connectivity index (χ1v) is 9.78. The average Bonchev–Trinajstić information content (AvgIpc) is 3.14. The third kappa shape index (κ3) is 4.11. The number of nitriles is 2. The highest BCUT2D eigenvalue weighted by Gasteiger charge is 2.31. The van der Waals surface area contributed by atoms with Crippen molar-refractivity contribution in [1.82, 2.24) is 19.7 Å². The molecule has 32 heavy (non-hydrogen) atoms. The smallest absolute Gasteiger partial charge is 0.368 e. The van der Waals surface area contributed by atoms with Crippen LogP contribution in [0.2, 0.25) is 0 Å². The van der Waals surface area contributed by atoms with E-state index in [0.29, 0.717) is 27.9 Å². The van der Waals surface area contributed by atoms with Crippen LogP contribution >= 0.6 is 15.9 Å². The summed E-state index contributed by atoms with van der Waals surface area (Å²) in [6.07, 6.45) is -3.02. The third-order valence-corrected chi connectivity index (χ3v) is 5.05. The van der Waals surface area contributed by atoms with Crippen LogP contribution in [0, 0.1) is 22.7 Å². The van der Waals surface area contributed by atoms with Crippen LogP contribution in [0.15, 0.2) is 47.1 Å². The molecule has 11 heteroatoms. The molecule has 2 aromatic heterocycles. The molecule has 0 fully saturated rings. The molecule has 4 rings (SSSR count). The largest absolute Gasteiger partial charge is 0.416 e. The summed E-state index contributed by atoms with van der Waals surface area (Å²) in [4.78, 5) is 8.44. The molecule has 7 nitrogen and oxygen atoms in total. The van der Waals surface area contributed by atoms with Gasteiger partial charge < -0.3 is 5.73 Å². The fourth-order valence-electron chi connectivity index (χ4n) is 3.28. The lowest BCUT2D eigenvalue weighted by Crippen LogP contribution is -2.08. The first-order valence-electron chi connectivity index (χ1n) is 8.99. The van der Waals surface area contributed by atoms with Gasteiger partial charge in [-0.1, -0.05) is 15.9 Å². The molecule has 158 valence electrons. The number of nitrogens with zero attached hydrogens (tertiary/aromatic N) is 6. The highest BCUT2D eigenvalue weighted by molar-refractivity contribution is 9.10. The number of rotatable bonds is 3. The quantitative estimate of drug-likeness (QED) is 0.440. The summed E-state index contributed by atoms with van der Waals surface area (Å²) in [6.45, 7) is 0.00357. The van der Waals surface area contributed by atoms with Crippen molar-refractivity contribution >= 4 is 32.9 Å². The van der Waals surface area contributed by atoms with Crippen LogP contribution in [0.1, 0.15) is 22.3 Å². The Hall–Kier alpha value is -3.96. The van der Waals surface area contributed by atoms with Crippen molar-refractivity contribution < 1.29 is 13.2 Å². The van der Waals surface area contributed by atoms with Crippen molar-refractivity contribution in [3.8, 4) is 23.4 Å². The Morgan fingerprint density at radius 1 is 1.00 bits per heavy atom. The van der Waals surface area contributed by atoms with Gasteiger partial charge in [0.2, 0.25) is 5.95 Å². The number of anilines is 1. The number of hydrogen-bond donors (Lipinski definition) is 1. The van der Waals surface area contributed by atoms with Crippen LogP contribution in [0.4, 0.5) is 19.1 Å². The van der Waals surface area contributed by atoms with Gasteiger partial charge in [-0.15, -0.1) is 0 Å². The van der Waals surface area contributed by atoms with Crippen molar-refractivity contribution in [3.63, 3.8) is 0 Å². The second kappa shape index (κ2) is 7.94. The number of halogens is 4. The van der Waals surface area contributed by atoms with Crippen LogP contribution < -0.4 is 5.73 Å². The van der Waals surface area contributed by atoms with Crippen molar-refractivity contribution in [2.75, 3.05) is 5.73 Å². The Labute approximate surface area is 187 Å². The van der Waals surface area contributed by atoms with Crippen LogP contribution in [-0.2, 0) is 12.7 Å². The molecule has 0 spiro atoms. The van der Waals surface area contributed by atoms with Crippen LogP contribution in [-0.4, -0.2) is 19.7 Å². The molecule has 2 aromatic carbocycles. The molecule has 2 N–H and O–H groups in total. The van der Waals surface area contributed by atoms with Gasteiger partial charge in [-0.3, -0.25) is 0 Å². The van der Waals surface area contributed by atoms with E-state index >= 15 is 0 Å². The van der Waals surface area contributed by atoms with Gasteiger partial charge in [0.1, 0.15) is 0 Å². The van der Waals surface area contributed by atoms with Crippen molar-refractivity contribution in [1.29, 1.82) is 10.5 Å². The van der Waals surface area contributed by atoms with Crippen molar-refractivity contribution in [3.05, 3.63) is 69.3 Å². The van der Waals surface area contributed by atoms with Gasteiger partial charge in [-0.2, -0.15) is 33.8 Å². The number of fused-ring (bicyclic) bond motifs is 1. The number of benzene rings is 2. The summed E-state index contributed by atoms with van der Waals surface area (Å²) in [6, 6.07) is 12.1. The highest BCUT2D eigenvalue weighted by atomic mass is 79.9. The summed E-state index contributed by atoms with van der Waals surface area (Å²) >= 11 is 3.11. The van der Waals surface area contributed by atoms with Gasteiger partial charge in [0.05, 0.1) is 52.7 Å². The van der Waals surface area contributed by atoms with Gasteiger partial charge in [0, 0.05) is 10.0 Å². The van der Waals surface area contributed by atoms with Gasteiger partial charge >= 0.3 is 6.18 Å². The zero-order valence-electron chi connectivity index (χ0n) is 16.0. The second-order valence-electron chi connectivity index (χ2n) is 6.84. The Morgan fingerprint density at radius 3 is 2.31 bits per heavy atom. The Morgan fingerprint density at radius 2 is 1.69 bits per heavy atom. The molecule has 0 amide bonds. The Balaban J connectivity index is 1.83. The topological polar surface area (TPSA) is 117 Å². The molecule has 0 aliphatic carbocycles. The predicted octanol–water partition coefficient (Wildman–Crippen LogP) is 4.65. The molecule has 2 heterocycles. The Kier molecular flexibility index (Phi) is 5.28. The normalized spacial score (nSPS) is 11.3. The summed E-state index contributed by atoms with van der Waals surface area (Å²) in [5, 5.41) is 23.2. The first-order chi connectivity index (χ1) is 15.2. The number of alkyl halides is 3. The molecule has 0 saturated carbocycles. The zero-order chi connectivity index (χ0) is 23.0. The van der Waals surface area contributed by atoms with E-state index in [1.807, 2.05) is 12.1 Å². The lowest BCUT2D eigenvalue weighted by Gasteiger charge is -2.11. The molecule has 0 atom stereocenters. The van der Waals surface area contributed by atoms with E-state index in [1.54, 1.807) is 18.2 Å². The number of hydrogen-bond acceptors (Lipinski definition) is 6. The van der Waals surface area contributed by atoms with E-state index in [4.69, 9.17) is 5.73 Å². The maximum atomic E-state index is 13.2. The molecular weight excluding hydrogens is 487 g/mol. The molecule has 0 saturated heterocycles. The maximum absolute atomic E-state index is 13.2. The van der Waals surface area contributed by atoms with Gasteiger partial charge in [-0.25, -0.2) is 9.67 Å². The third-order valence-electron chi connectivity index (χ3n) is 4.60. The molecule has 4 aromatic rings. The molecular formula is C21H11BrF3N7. The zero-order valence-corrected chi connectivity index (χ0v) is 17.6. The van der Waals surface area contributed by atoms with Crippen LogP contribution in [0.25, 0.3) is 22.3 Å². The average molecular weight is 498 g/mol. The van der Waals surface area contributed by atoms with Gasteiger partial charge in [0.25, 0.3) is 0 Å². The summed E-state index contributed by atoms with van der Waals surface area (Å²) in [5.41, 5.74) is 7.13. The van der Waals surface area contributed by atoms with Crippen molar-refractivity contribution in [2.24, 2.45) is 0 Å². The minimum Gasteiger partial charge on any atom is -0.368 e. The summed E-state index contributed by atoms with van der Waals surface area (Å²) in [7, 11) is 0. The number of nitrogen functional groups attached to an aromatic ring is 1. The molecule has 0 aliphatic rings. The minimum atomic E-state index is -4.49. The maximum Gasteiger partial charge on any atom is 0.416 e. The Bertz CT molecular complexity index is 1410. The minimum absolute atomic E-state index is 0.00357. The fourth-order valence-corrected chi connectivity index (χ4v) is 3.82. The van der Waals surface area contributed by atoms with Crippen molar-refractivity contribution in [2.45, 2.75) is 12.7 Å². The standard InChI is InChI=1S/C21H11BrF3N7/c22-16-5-13(4-15(6-16)21(23,24)25)10-32-19-17(9-29-32)18(30-20(28)31-19)14-2-11(7-26)1-12(3-14)8-27/h1-6,9H,10H2,(H2,28,30,31). The first kappa shape index (κ1) is 21.3. The van der Waals surface area contributed by atoms with E-state index in [9.17, 15) is 23.7 Å². The van der Waals surface area contributed by atoms with Gasteiger partial charge in [-0.05, 0) is 42.0 Å². The lowest BCUT2D eigenvalue weighted by atomic mass is 10.0. The molecule has 0 bridgehead atoms. The number of aromatic nitrogens is 4. The monoisotopic (exact) mass is 497 g/mol. The van der Waals surface area contributed by atoms with Crippen LogP contribution in [0.5, 0.6) is 0 Å². The van der Waals surface area contributed by atoms with E-state index in [-0.39, 0.29) is 28.1 Å². The van der Waals surface area contributed by atoms with E-state index < -0.39 is 11.7 Å². The SMILES string of the molecule is N#Cc1cc(C#N)cc(-c2nc(N)nc3c2cnn3Cc2cc(Br)cc(C(F)(F)F)c2)c1. The second-order valence-corrected chi connectivity index (χ2v) is 7.75. The number of nitrogens with two attached hydrogens (primary N) is 1. The summed E-state index contributed by atoms with van der Waals surface area (Å²) < 4.78 is 41.2.